The van der Waals surface area contributed by atoms with E-state index in [1.165, 1.54) is 0 Å². The number of allylic oxidation sites excluding steroid dienone is 8. The summed E-state index contributed by atoms with van der Waals surface area (Å²) in [5, 5.41) is 0. The Labute approximate surface area is 158 Å². The molecule has 0 nitrogen and oxygen atoms in total. The first-order chi connectivity index (χ1) is 11.5. The highest BCUT2D eigenvalue weighted by Crippen LogP contribution is 2.52. The van der Waals surface area contributed by atoms with Gasteiger partial charge in [0.1, 0.15) is 0 Å². The maximum atomic E-state index is 2.64. The van der Waals surface area contributed by atoms with E-state index in [2.05, 4.69) is 92.8 Å². The van der Waals surface area contributed by atoms with E-state index in [0.717, 1.165) is 0 Å². The first kappa shape index (κ1) is 20.5. The molecule has 140 valence electrons. The Morgan fingerprint density at radius 1 is 0.600 bits per heavy atom. The van der Waals surface area contributed by atoms with Gasteiger partial charge in [-0.3, -0.25) is 0 Å². The topological polar surface area (TPSA) is 0 Å². The molecule has 2 aliphatic carbocycles. The van der Waals surface area contributed by atoms with Crippen LogP contribution in [0.5, 0.6) is 0 Å². The van der Waals surface area contributed by atoms with Crippen molar-refractivity contribution < 1.29 is 0 Å². The molecule has 0 aliphatic heterocycles. The minimum atomic E-state index is -1.55. The van der Waals surface area contributed by atoms with Gasteiger partial charge in [0.15, 0.2) is 0 Å². The van der Waals surface area contributed by atoms with Crippen LogP contribution in [0.25, 0.3) is 0 Å². The summed E-state index contributed by atoms with van der Waals surface area (Å²) < 4.78 is 0. The van der Waals surface area contributed by atoms with Gasteiger partial charge in [-0.25, -0.2) is 0 Å². The second kappa shape index (κ2) is 7.43. The van der Waals surface area contributed by atoms with Crippen LogP contribution in [0.2, 0.25) is 24.2 Å². The third kappa shape index (κ3) is 3.97. The first-order valence-corrected chi connectivity index (χ1v) is 13.5. The third-order valence-electron chi connectivity index (χ3n) is 6.37. The molecule has 0 fully saturated rings. The minimum Gasteiger partial charge on any atom is -0.0765 e. The summed E-state index contributed by atoms with van der Waals surface area (Å²) in [5.74, 6) is 2.56. The van der Waals surface area contributed by atoms with Crippen molar-refractivity contribution in [1.82, 2.24) is 0 Å². The molecule has 0 saturated carbocycles. The van der Waals surface area contributed by atoms with E-state index in [4.69, 9.17) is 0 Å². The molecule has 0 bridgehead atoms. The van der Waals surface area contributed by atoms with E-state index >= 15 is 0 Å². The summed E-state index contributed by atoms with van der Waals surface area (Å²) in [5.41, 5.74) is 7.87. The van der Waals surface area contributed by atoms with Crippen LogP contribution in [-0.4, -0.2) is 8.07 Å². The van der Waals surface area contributed by atoms with Gasteiger partial charge in [-0.15, -0.1) is 0 Å². The highest BCUT2D eigenvalue weighted by molar-refractivity contribution is 6.82. The Kier molecular flexibility index (Phi) is 6.09. The van der Waals surface area contributed by atoms with Gasteiger partial charge in [-0.1, -0.05) is 104 Å². The number of hydrogen-bond donors (Lipinski definition) is 0. The van der Waals surface area contributed by atoms with Crippen LogP contribution in [-0.2, 0) is 0 Å². The summed E-state index contributed by atoms with van der Waals surface area (Å²) in [7, 11) is -1.55. The van der Waals surface area contributed by atoms with E-state index in [1.54, 1.807) is 22.3 Å². The summed E-state index contributed by atoms with van der Waals surface area (Å²) >= 11 is 0. The summed E-state index contributed by atoms with van der Waals surface area (Å²) in [6.45, 7) is 24.1. The minimum absolute atomic E-state index is 0.633. The fourth-order valence-electron chi connectivity index (χ4n) is 4.49. The van der Waals surface area contributed by atoms with E-state index in [-0.39, 0.29) is 0 Å². The molecule has 0 saturated heterocycles. The molecule has 1 heteroatoms. The molecule has 0 N–H and O–H groups in total. The lowest BCUT2D eigenvalue weighted by molar-refractivity contribution is 0.725. The lowest BCUT2D eigenvalue weighted by Crippen LogP contribution is -2.39. The molecule has 0 spiro atoms. The number of rotatable bonds is 6. The average molecular weight is 357 g/mol. The van der Waals surface area contributed by atoms with Crippen molar-refractivity contribution in [1.29, 1.82) is 0 Å². The molecule has 2 rings (SSSR count). The summed E-state index contributed by atoms with van der Waals surface area (Å²) in [6, 6.07) is 0. The molecule has 0 radical (unpaired) electrons. The molecule has 0 heterocycles. The molecule has 2 atom stereocenters. The largest absolute Gasteiger partial charge is 0.0765 e. The van der Waals surface area contributed by atoms with Gasteiger partial charge < -0.3 is 0 Å². The predicted octanol–water partition coefficient (Wildman–Crippen LogP) is 7.79. The zero-order chi connectivity index (χ0) is 19.1. The Morgan fingerprint density at radius 2 is 0.920 bits per heavy atom. The molecule has 0 aromatic carbocycles. The monoisotopic (exact) mass is 356 g/mol. The fourth-order valence-corrected chi connectivity index (χ4v) is 8.67. The van der Waals surface area contributed by atoms with E-state index in [1.807, 2.05) is 0 Å². The van der Waals surface area contributed by atoms with E-state index in [0.29, 0.717) is 34.8 Å². The molecular weight excluding hydrogens is 316 g/mol. The zero-order valence-electron chi connectivity index (χ0n) is 18.3. The first-order valence-electron chi connectivity index (χ1n) is 10.3. The zero-order valence-corrected chi connectivity index (χ0v) is 19.3. The molecule has 2 aliphatic rings. The van der Waals surface area contributed by atoms with Gasteiger partial charge in [0, 0.05) is 0 Å². The lowest BCUT2D eigenvalue weighted by Gasteiger charge is -2.39. The normalized spacial score (nSPS) is 24.4. The van der Waals surface area contributed by atoms with Crippen molar-refractivity contribution in [2.45, 2.75) is 79.6 Å². The van der Waals surface area contributed by atoms with Crippen LogP contribution in [0.3, 0.4) is 0 Å². The molecule has 2 unspecified atom stereocenters. The maximum Gasteiger partial charge on any atom is 0.0706 e. The fraction of sp³-hybridized carbons (Fsp3) is 0.667. The van der Waals surface area contributed by atoms with Crippen molar-refractivity contribution in [3.05, 3.63) is 46.6 Å². The van der Waals surface area contributed by atoms with Gasteiger partial charge in [-0.2, -0.15) is 0 Å². The third-order valence-corrected chi connectivity index (χ3v) is 10.6. The maximum absolute atomic E-state index is 2.64. The van der Waals surface area contributed by atoms with Gasteiger partial charge >= 0.3 is 0 Å². The van der Waals surface area contributed by atoms with Crippen LogP contribution in [0.1, 0.15) is 55.4 Å². The van der Waals surface area contributed by atoms with E-state index < -0.39 is 8.07 Å². The number of hydrogen-bond acceptors (Lipinski definition) is 0. The molecular formula is C24H40Si. The van der Waals surface area contributed by atoms with Gasteiger partial charge in [0.25, 0.3) is 0 Å². The Balaban J connectivity index is 2.46. The highest BCUT2D eigenvalue weighted by Gasteiger charge is 2.44. The van der Waals surface area contributed by atoms with Gasteiger partial charge in [0.2, 0.25) is 0 Å². The highest BCUT2D eigenvalue weighted by atomic mass is 28.3. The second-order valence-electron chi connectivity index (χ2n) is 10.0. The Bertz CT molecular complexity index is 566. The summed E-state index contributed by atoms with van der Waals surface area (Å²) in [6.07, 6.45) is 10.4. The van der Waals surface area contributed by atoms with Crippen LogP contribution >= 0.6 is 0 Å². The van der Waals surface area contributed by atoms with E-state index in [9.17, 15) is 0 Å². The van der Waals surface area contributed by atoms with Gasteiger partial charge in [0.05, 0.1) is 8.07 Å². The van der Waals surface area contributed by atoms with Crippen molar-refractivity contribution >= 4 is 8.07 Å². The smallest absolute Gasteiger partial charge is 0.0706 e. The van der Waals surface area contributed by atoms with Gasteiger partial charge in [-0.05, 0) is 45.9 Å². The van der Waals surface area contributed by atoms with Crippen LogP contribution < -0.4 is 0 Å². The van der Waals surface area contributed by atoms with Crippen molar-refractivity contribution in [3.8, 4) is 0 Å². The second-order valence-corrected chi connectivity index (χ2v) is 14.9. The van der Waals surface area contributed by atoms with Crippen LogP contribution in [0, 0.1) is 23.7 Å². The quantitative estimate of drug-likeness (QED) is 0.426. The van der Waals surface area contributed by atoms with Crippen molar-refractivity contribution in [3.63, 3.8) is 0 Å². The van der Waals surface area contributed by atoms with Crippen LogP contribution in [0.4, 0.5) is 0 Å². The standard InChI is InChI=1S/C24H40Si/c1-15(2)19-11-21(17(5)6)23(13-19)25(9,10)24-14-20(16(3)4)12-22(24)18(7)8/h11-18,23-24H,1-10H3. The molecule has 0 amide bonds. The molecule has 0 aromatic heterocycles. The molecule has 0 aromatic rings. The summed E-state index contributed by atoms with van der Waals surface area (Å²) in [4.78, 5) is 0. The Hall–Kier alpha value is -0.823. The lowest BCUT2D eigenvalue weighted by atomic mass is 10.0. The van der Waals surface area contributed by atoms with Crippen LogP contribution in [0.15, 0.2) is 46.6 Å². The Morgan fingerprint density at radius 3 is 1.16 bits per heavy atom. The predicted molar refractivity (Wildman–Crippen MR) is 117 cm³/mol. The SMILES string of the molecule is CC(C)C1=CC([Si](C)(C)C2C=C(C(C)C)C=C2C(C)C)C(C(C)C)=C1. The average Bonchev–Trinajstić information content (AvgIpc) is 3.12. The van der Waals surface area contributed by atoms with Crippen molar-refractivity contribution in [2.75, 3.05) is 0 Å². The van der Waals surface area contributed by atoms with Crippen molar-refractivity contribution in [2.24, 2.45) is 23.7 Å². The molecule has 25 heavy (non-hydrogen) atoms.